The van der Waals surface area contributed by atoms with Gasteiger partial charge in [-0.15, -0.1) is 0 Å². The van der Waals surface area contributed by atoms with Crippen LogP contribution in [0.2, 0.25) is 0 Å². The van der Waals surface area contributed by atoms with Crippen molar-refractivity contribution in [3.63, 3.8) is 0 Å². The minimum atomic E-state index is -3.50. The van der Waals surface area contributed by atoms with Crippen molar-refractivity contribution in [3.8, 4) is 0 Å². The molecule has 0 spiro atoms. The summed E-state index contributed by atoms with van der Waals surface area (Å²) in [5.41, 5.74) is 6.58. The van der Waals surface area contributed by atoms with Gasteiger partial charge in [-0.2, -0.15) is 9.41 Å². The molecule has 1 aromatic heterocycles. The van der Waals surface area contributed by atoms with Gasteiger partial charge in [-0.05, 0) is 67.9 Å². The summed E-state index contributed by atoms with van der Waals surface area (Å²) in [5.74, 6) is 0. The number of anilines is 1. The summed E-state index contributed by atoms with van der Waals surface area (Å²) in [6.07, 6.45) is 6.48. The number of hydrogen-bond donors (Lipinski definition) is 2. The van der Waals surface area contributed by atoms with E-state index in [0.717, 1.165) is 47.0 Å². The van der Waals surface area contributed by atoms with Crippen molar-refractivity contribution in [1.82, 2.24) is 14.3 Å². The lowest BCUT2D eigenvalue weighted by Crippen LogP contribution is -2.35. The Kier molecular flexibility index (Phi) is 6.59. The van der Waals surface area contributed by atoms with E-state index < -0.39 is 10.0 Å². The molecule has 0 unspecified atom stereocenters. The minimum absolute atomic E-state index is 0.317. The number of hydrogen-bond acceptors (Lipinski definition) is 4. The number of rotatable bonds is 5. The molecule has 4 rings (SSSR count). The SMILES string of the molecule is Cc1cccc(NC(=S)N/N=C\c2cn(C)c3ccc(S(=O)(=O)N4CCCCC4)cc23)c1. The molecule has 0 amide bonds. The summed E-state index contributed by atoms with van der Waals surface area (Å²) in [7, 11) is -1.57. The molecule has 0 aliphatic carbocycles. The van der Waals surface area contributed by atoms with Crippen LogP contribution < -0.4 is 10.7 Å². The molecule has 0 bridgehead atoms. The molecule has 9 heteroatoms. The van der Waals surface area contributed by atoms with E-state index >= 15 is 0 Å². The number of thiocarbonyl (C=S) groups is 1. The largest absolute Gasteiger partial charge is 0.350 e. The van der Waals surface area contributed by atoms with Gasteiger partial charge >= 0.3 is 0 Å². The molecular weight excluding hydrogens is 442 g/mol. The van der Waals surface area contributed by atoms with E-state index in [1.165, 1.54) is 0 Å². The third-order valence-corrected chi connectivity index (χ3v) is 7.68. The van der Waals surface area contributed by atoms with Crippen LogP contribution in [0.15, 0.2) is 58.7 Å². The fourth-order valence-electron chi connectivity index (χ4n) is 3.96. The first-order chi connectivity index (χ1) is 15.3. The number of benzene rings is 2. The molecule has 2 aromatic carbocycles. The highest BCUT2D eigenvalue weighted by Gasteiger charge is 2.26. The Labute approximate surface area is 194 Å². The van der Waals surface area contributed by atoms with E-state index in [9.17, 15) is 8.42 Å². The maximum absolute atomic E-state index is 13.1. The zero-order valence-electron chi connectivity index (χ0n) is 18.2. The Morgan fingerprint density at radius 3 is 2.66 bits per heavy atom. The van der Waals surface area contributed by atoms with Gasteiger partial charge in [0.15, 0.2) is 5.11 Å². The van der Waals surface area contributed by atoms with Crippen LogP contribution in [0.5, 0.6) is 0 Å². The van der Waals surface area contributed by atoms with Gasteiger partial charge in [-0.3, -0.25) is 5.43 Å². The molecule has 0 radical (unpaired) electrons. The second-order valence-electron chi connectivity index (χ2n) is 8.03. The van der Waals surface area contributed by atoms with Crippen molar-refractivity contribution < 1.29 is 8.42 Å². The quantitative estimate of drug-likeness (QED) is 0.336. The molecule has 1 fully saturated rings. The fourth-order valence-corrected chi connectivity index (χ4v) is 5.68. The van der Waals surface area contributed by atoms with Gasteiger partial charge in [-0.25, -0.2) is 8.42 Å². The molecule has 1 aliphatic rings. The number of piperidine rings is 1. The van der Waals surface area contributed by atoms with Crippen LogP contribution in [-0.4, -0.2) is 41.7 Å². The fraction of sp³-hybridized carbons (Fsp3) is 0.304. The van der Waals surface area contributed by atoms with Crippen LogP contribution in [0.1, 0.15) is 30.4 Å². The minimum Gasteiger partial charge on any atom is -0.350 e. The van der Waals surface area contributed by atoms with Crippen molar-refractivity contribution >= 4 is 50.2 Å². The number of fused-ring (bicyclic) bond motifs is 1. The Hall–Kier alpha value is -2.75. The molecule has 7 nitrogen and oxygen atoms in total. The third-order valence-electron chi connectivity index (χ3n) is 5.59. The van der Waals surface area contributed by atoms with Crippen LogP contribution in [0, 0.1) is 6.92 Å². The smallest absolute Gasteiger partial charge is 0.243 e. The summed E-state index contributed by atoms with van der Waals surface area (Å²) in [4.78, 5) is 0.317. The first kappa shape index (κ1) is 22.4. The maximum atomic E-state index is 13.1. The van der Waals surface area contributed by atoms with Crippen molar-refractivity contribution in [2.24, 2.45) is 12.1 Å². The van der Waals surface area contributed by atoms with Crippen molar-refractivity contribution in [2.75, 3.05) is 18.4 Å². The van der Waals surface area contributed by atoms with E-state index in [1.807, 2.05) is 55.1 Å². The number of aryl methyl sites for hydroxylation is 2. The molecule has 3 aromatic rings. The Bertz CT molecular complexity index is 1270. The van der Waals surface area contributed by atoms with Gasteiger partial charge in [0.2, 0.25) is 10.0 Å². The molecule has 1 aliphatic heterocycles. The summed E-state index contributed by atoms with van der Waals surface area (Å²) < 4.78 is 29.7. The molecule has 0 saturated carbocycles. The van der Waals surface area contributed by atoms with Crippen molar-refractivity contribution in [1.29, 1.82) is 0 Å². The van der Waals surface area contributed by atoms with Crippen LogP contribution in [-0.2, 0) is 17.1 Å². The van der Waals surface area contributed by atoms with E-state index in [1.54, 1.807) is 22.7 Å². The van der Waals surface area contributed by atoms with Gasteiger partial charge in [0.1, 0.15) is 0 Å². The van der Waals surface area contributed by atoms with Crippen LogP contribution in [0.3, 0.4) is 0 Å². The lowest BCUT2D eigenvalue weighted by molar-refractivity contribution is 0.346. The maximum Gasteiger partial charge on any atom is 0.243 e. The normalized spacial score (nSPS) is 15.3. The summed E-state index contributed by atoms with van der Waals surface area (Å²) in [5, 5.41) is 8.55. The van der Waals surface area contributed by atoms with E-state index in [4.69, 9.17) is 12.2 Å². The van der Waals surface area contributed by atoms with Crippen LogP contribution >= 0.6 is 12.2 Å². The summed E-state index contributed by atoms with van der Waals surface area (Å²) >= 11 is 5.31. The van der Waals surface area contributed by atoms with Gasteiger partial charge in [-0.1, -0.05) is 18.6 Å². The molecule has 2 heterocycles. The Balaban J connectivity index is 1.53. The van der Waals surface area contributed by atoms with Crippen LogP contribution in [0.25, 0.3) is 10.9 Å². The predicted molar refractivity (Wildman–Crippen MR) is 134 cm³/mol. The second kappa shape index (κ2) is 9.40. The molecule has 1 saturated heterocycles. The van der Waals surface area contributed by atoms with Crippen LogP contribution in [0.4, 0.5) is 5.69 Å². The van der Waals surface area contributed by atoms with Crippen molar-refractivity contribution in [3.05, 3.63) is 59.8 Å². The van der Waals surface area contributed by atoms with Crippen molar-refractivity contribution in [2.45, 2.75) is 31.1 Å². The lowest BCUT2D eigenvalue weighted by Gasteiger charge is -2.25. The number of nitrogens with one attached hydrogen (secondary N) is 2. The number of hydrazone groups is 1. The molecule has 0 atom stereocenters. The first-order valence-electron chi connectivity index (χ1n) is 10.6. The van der Waals surface area contributed by atoms with Gasteiger partial charge in [0, 0.05) is 48.5 Å². The standard InChI is InChI=1S/C23H27N5O2S2/c1-17-7-6-8-19(13-17)25-23(31)26-24-15-18-16-27(2)22-10-9-20(14-21(18)22)32(29,30)28-11-4-3-5-12-28/h6-10,13-16H,3-5,11-12H2,1-2H3,(H2,25,26,31)/b24-15-. The number of nitrogens with zero attached hydrogens (tertiary/aromatic N) is 3. The molecular formula is C23H27N5O2S2. The summed E-state index contributed by atoms with van der Waals surface area (Å²) in [6.45, 7) is 3.18. The van der Waals surface area contributed by atoms with Gasteiger partial charge in [0.05, 0.1) is 11.1 Å². The predicted octanol–water partition coefficient (Wildman–Crippen LogP) is 3.98. The average molecular weight is 470 g/mol. The second-order valence-corrected chi connectivity index (χ2v) is 10.4. The Morgan fingerprint density at radius 2 is 1.91 bits per heavy atom. The number of sulfonamides is 1. The Morgan fingerprint density at radius 1 is 1.12 bits per heavy atom. The van der Waals surface area contributed by atoms with E-state index in [-0.39, 0.29) is 0 Å². The molecule has 32 heavy (non-hydrogen) atoms. The number of aromatic nitrogens is 1. The zero-order valence-corrected chi connectivity index (χ0v) is 19.8. The molecule has 168 valence electrons. The van der Waals surface area contributed by atoms with E-state index in [2.05, 4.69) is 15.8 Å². The van der Waals surface area contributed by atoms with Gasteiger partial charge in [0.25, 0.3) is 0 Å². The third kappa shape index (κ3) is 4.85. The topological polar surface area (TPSA) is 78.7 Å². The monoisotopic (exact) mass is 469 g/mol. The van der Waals surface area contributed by atoms with E-state index in [0.29, 0.717) is 23.1 Å². The first-order valence-corrected chi connectivity index (χ1v) is 12.5. The highest BCUT2D eigenvalue weighted by atomic mass is 32.2. The summed E-state index contributed by atoms with van der Waals surface area (Å²) in [6, 6.07) is 13.2. The zero-order chi connectivity index (χ0) is 22.7. The molecule has 2 N–H and O–H groups in total. The van der Waals surface area contributed by atoms with Gasteiger partial charge < -0.3 is 9.88 Å². The highest BCUT2D eigenvalue weighted by Crippen LogP contribution is 2.26. The lowest BCUT2D eigenvalue weighted by atomic mass is 10.2. The average Bonchev–Trinajstić information content (AvgIpc) is 3.09. The highest BCUT2D eigenvalue weighted by molar-refractivity contribution is 7.89.